The molecule has 5 nitrogen and oxygen atoms in total. The van der Waals surface area contributed by atoms with E-state index in [1.807, 2.05) is 6.92 Å². The number of guanidine groups is 1. The minimum absolute atomic E-state index is 0.0636. The Morgan fingerprint density at radius 3 is 2.62 bits per heavy atom. The molecule has 0 unspecified atom stereocenters. The standard InChI is InChI=1S/C16H18ClF3N4OS/c1-2-21-15(22-7-8-25-12-5-3-11(17)4-6-12)23-9-14-24-13(10-26-14)16(18,19)20/h3-6,10H,2,7-9H2,1H3,(H2,21,22,23). The van der Waals surface area contributed by atoms with Gasteiger partial charge >= 0.3 is 6.18 Å². The molecule has 2 rings (SSSR count). The molecule has 0 saturated carbocycles. The van der Waals surface area contributed by atoms with Gasteiger partial charge in [-0.15, -0.1) is 11.3 Å². The quantitative estimate of drug-likeness (QED) is 0.415. The Morgan fingerprint density at radius 1 is 1.27 bits per heavy atom. The Morgan fingerprint density at radius 2 is 2.00 bits per heavy atom. The largest absolute Gasteiger partial charge is 0.492 e. The molecule has 0 spiro atoms. The number of ether oxygens (including phenoxy) is 1. The molecule has 0 aliphatic heterocycles. The Kier molecular flexibility index (Phi) is 7.52. The van der Waals surface area contributed by atoms with Gasteiger partial charge in [0.2, 0.25) is 0 Å². The van der Waals surface area contributed by atoms with Crippen molar-refractivity contribution in [3.8, 4) is 5.75 Å². The van der Waals surface area contributed by atoms with Gasteiger partial charge in [0.25, 0.3) is 0 Å². The van der Waals surface area contributed by atoms with Gasteiger partial charge in [0.15, 0.2) is 11.7 Å². The molecule has 0 atom stereocenters. The minimum atomic E-state index is -4.43. The van der Waals surface area contributed by atoms with Gasteiger partial charge in [-0.1, -0.05) is 11.6 Å². The summed E-state index contributed by atoms with van der Waals surface area (Å²) in [5.74, 6) is 1.18. The molecule has 2 aromatic rings. The molecule has 0 amide bonds. The van der Waals surface area contributed by atoms with Gasteiger partial charge in [0.1, 0.15) is 17.4 Å². The molecular weight excluding hydrogens is 389 g/mol. The lowest BCUT2D eigenvalue weighted by atomic mass is 10.3. The number of hydrogen-bond acceptors (Lipinski definition) is 4. The van der Waals surface area contributed by atoms with E-state index >= 15 is 0 Å². The fourth-order valence-corrected chi connectivity index (χ4v) is 2.72. The van der Waals surface area contributed by atoms with Gasteiger partial charge in [-0.05, 0) is 31.2 Å². The second kappa shape index (κ2) is 9.63. The predicted octanol–water partition coefficient (Wildman–Crippen LogP) is 3.95. The van der Waals surface area contributed by atoms with Gasteiger partial charge < -0.3 is 15.4 Å². The summed E-state index contributed by atoms with van der Waals surface area (Å²) in [6, 6.07) is 7.00. The van der Waals surface area contributed by atoms with Gasteiger partial charge in [-0.3, -0.25) is 0 Å². The zero-order chi connectivity index (χ0) is 19.0. The van der Waals surface area contributed by atoms with Crippen LogP contribution >= 0.6 is 22.9 Å². The maximum atomic E-state index is 12.6. The molecule has 0 aliphatic carbocycles. The molecule has 1 aromatic carbocycles. The summed E-state index contributed by atoms with van der Waals surface area (Å²) < 4.78 is 43.2. The summed E-state index contributed by atoms with van der Waals surface area (Å²) in [6.45, 7) is 3.44. The summed E-state index contributed by atoms with van der Waals surface area (Å²) in [4.78, 5) is 7.79. The van der Waals surface area contributed by atoms with Crippen LogP contribution in [0.25, 0.3) is 0 Å². The van der Waals surface area contributed by atoms with Crippen LogP contribution in [-0.4, -0.2) is 30.6 Å². The van der Waals surface area contributed by atoms with Crippen molar-refractivity contribution in [1.29, 1.82) is 0 Å². The molecule has 0 aliphatic rings. The highest BCUT2D eigenvalue weighted by molar-refractivity contribution is 7.09. The van der Waals surface area contributed by atoms with Gasteiger partial charge in [0, 0.05) is 16.9 Å². The Bertz CT molecular complexity index is 719. The molecule has 26 heavy (non-hydrogen) atoms. The van der Waals surface area contributed by atoms with E-state index in [0.717, 1.165) is 16.7 Å². The average Bonchev–Trinajstić information content (AvgIpc) is 3.07. The number of aromatic nitrogens is 1. The number of alkyl halides is 3. The van der Waals surface area contributed by atoms with Crippen LogP contribution in [0.15, 0.2) is 34.6 Å². The van der Waals surface area contributed by atoms with Crippen molar-refractivity contribution in [2.75, 3.05) is 19.7 Å². The molecule has 2 N–H and O–H groups in total. The van der Waals surface area contributed by atoms with E-state index in [2.05, 4.69) is 20.6 Å². The third-order valence-electron chi connectivity index (χ3n) is 3.04. The first kappa shape index (κ1) is 20.3. The van der Waals surface area contributed by atoms with Gasteiger partial charge in [-0.25, -0.2) is 9.98 Å². The normalized spacial score (nSPS) is 12.1. The average molecular weight is 407 g/mol. The lowest BCUT2D eigenvalue weighted by molar-refractivity contribution is -0.140. The number of aliphatic imine (C=N–C) groups is 1. The fraction of sp³-hybridized carbons (Fsp3) is 0.375. The third-order valence-corrected chi connectivity index (χ3v) is 4.12. The SMILES string of the molecule is CCNC(=NCc1nc(C(F)(F)F)cs1)NCCOc1ccc(Cl)cc1. The summed E-state index contributed by atoms with van der Waals surface area (Å²) in [7, 11) is 0. The smallest absolute Gasteiger partial charge is 0.434 e. The highest BCUT2D eigenvalue weighted by Gasteiger charge is 2.33. The van der Waals surface area contributed by atoms with E-state index in [4.69, 9.17) is 16.3 Å². The lowest BCUT2D eigenvalue weighted by Gasteiger charge is -2.11. The summed E-state index contributed by atoms with van der Waals surface area (Å²) in [5, 5.41) is 7.99. The van der Waals surface area contributed by atoms with Crippen LogP contribution in [0.3, 0.4) is 0 Å². The number of benzene rings is 1. The van der Waals surface area contributed by atoms with E-state index < -0.39 is 11.9 Å². The zero-order valence-corrected chi connectivity index (χ0v) is 15.5. The van der Waals surface area contributed by atoms with E-state index in [1.165, 1.54) is 0 Å². The number of nitrogens with zero attached hydrogens (tertiary/aromatic N) is 2. The van der Waals surface area contributed by atoms with E-state index in [-0.39, 0.29) is 6.54 Å². The summed E-state index contributed by atoms with van der Waals surface area (Å²) in [5.41, 5.74) is -0.887. The molecule has 0 bridgehead atoms. The topological polar surface area (TPSA) is 58.5 Å². The van der Waals surface area contributed by atoms with Crippen LogP contribution < -0.4 is 15.4 Å². The number of nitrogens with one attached hydrogen (secondary N) is 2. The zero-order valence-electron chi connectivity index (χ0n) is 13.9. The Hall–Kier alpha value is -2.00. The highest BCUT2D eigenvalue weighted by atomic mass is 35.5. The van der Waals surface area contributed by atoms with E-state index in [9.17, 15) is 13.2 Å². The third kappa shape index (κ3) is 6.72. The number of halogens is 4. The summed E-state index contributed by atoms with van der Waals surface area (Å²) >= 11 is 6.74. The molecule has 142 valence electrons. The van der Waals surface area contributed by atoms with Crippen molar-refractivity contribution in [1.82, 2.24) is 15.6 Å². The summed E-state index contributed by atoms with van der Waals surface area (Å²) in [6.07, 6.45) is -4.43. The van der Waals surface area contributed by atoms with Crippen molar-refractivity contribution in [2.45, 2.75) is 19.6 Å². The molecular formula is C16H18ClF3N4OS. The van der Waals surface area contributed by atoms with E-state index in [1.54, 1.807) is 24.3 Å². The maximum absolute atomic E-state index is 12.6. The number of rotatable bonds is 7. The van der Waals surface area contributed by atoms with Crippen molar-refractivity contribution < 1.29 is 17.9 Å². The molecule has 1 aromatic heterocycles. The first-order valence-corrected chi connectivity index (χ1v) is 9.06. The van der Waals surface area contributed by atoms with Crippen LogP contribution in [-0.2, 0) is 12.7 Å². The van der Waals surface area contributed by atoms with Crippen molar-refractivity contribution in [2.24, 2.45) is 4.99 Å². The van der Waals surface area contributed by atoms with Crippen LogP contribution in [0.2, 0.25) is 5.02 Å². The second-order valence-electron chi connectivity index (χ2n) is 5.05. The Balaban J connectivity index is 1.82. The van der Waals surface area contributed by atoms with Crippen LogP contribution in [0.5, 0.6) is 5.75 Å². The molecule has 0 saturated heterocycles. The van der Waals surface area contributed by atoms with Crippen LogP contribution in [0, 0.1) is 0 Å². The number of hydrogen-bond donors (Lipinski definition) is 2. The van der Waals surface area contributed by atoms with Crippen LogP contribution in [0.4, 0.5) is 13.2 Å². The monoisotopic (exact) mass is 406 g/mol. The van der Waals surface area contributed by atoms with Crippen molar-refractivity contribution in [3.63, 3.8) is 0 Å². The minimum Gasteiger partial charge on any atom is -0.492 e. The first-order chi connectivity index (χ1) is 12.4. The van der Waals surface area contributed by atoms with Crippen LogP contribution in [0.1, 0.15) is 17.6 Å². The molecule has 10 heteroatoms. The van der Waals surface area contributed by atoms with Crippen molar-refractivity contribution >= 4 is 28.9 Å². The fourth-order valence-electron chi connectivity index (χ4n) is 1.87. The van der Waals surface area contributed by atoms with Crippen molar-refractivity contribution in [3.05, 3.63) is 45.4 Å². The van der Waals surface area contributed by atoms with E-state index in [0.29, 0.717) is 41.4 Å². The molecule has 0 radical (unpaired) electrons. The molecule has 1 heterocycles. The Labute approximate surface area is 158 Å². The molecule has 0 fully saturated rings. The predicted molar refractivity (Wildman–Crippen MR) is 96.9 cm³/mol. The maximum Gasteiger partial charge on any atom is 0.434 e. The lowest BCUT2D eigenvalue weighted by Crippen LogP contribution is -2.39. The highest BCUT2D eigenvalue weighted by Crippen LogP contribution is 2.30. The first-order valence-electron chi connectivity index (χ1n) is 7.80. The van der Waals surface area contributed by atoms with Gasteiger partial charge in [-0.2, -0.15) is 13.2 Å². The number of thiazole rings is 1. The second-order valence-corrected chi connectivity index (χ2v) is 6.43. The van der Waals surface area contributed by atoms with Gasteiger partial charge in [0.05, 0.1) is 13.1 Å².